The van der Waals surface area contributed by atoms with Crippen LogP contribution in [0.4, 0.5) is 0 Å². The molecule has 0 radical (unpaired) electrons. The lowest BCUT2D eigenvalue weighted by Crippen LogP contribution is -2.49. The van der Waals surface area contributed by atoms with E-state index in [2.05, 4.69) is 16.8 Å². The van der Waals surface area contributed by atoms with Crippen LogP contribution in [0.3, 0.4) is 0 Å². The van der Waals surface area contributed by atoms with E-state index >= 15 is 0 Å². The molecule has 2 aliphatic rings. The van der Waals surface area contributed by atoms with Crippen molar-refractivity contribution in [1.29, 1.82) is 0 Å². The second-order valence-corrected chi connectivity index (χ2v) is 4.77. The predicted molar refractivity (Wildman–Crippen MR) is 59.4 cm³/mol. The number of hydrogen-bond acceptors (Lipinski definition) is 3. The fraction of sp³-hybridized carbons (Fsp3) is 0.909. The lowest BCUT2D eigenvalue weighted by Gasteiger charge is -2.37. The van der Waals surface area contributed by atoms with Gasteiger partial charge in [0.1, 0.15) is 0 Å². The van der Waals surface area contributed by atoms with Crippen molar-refractivity contribution in [3.8, 4) is 0 Å². The van der Waals surface area contributed by atoms with Gasteiger partial charge in [-0.15, -0.1) is 0 Å². The number of hydrogen-bond donors (Lipinski definition) is 1. The molecule has 1 heterocycles. The summed E-state index contributed by atoms with van der Waals surface area (Å²) in [7, 11) is 2.14. The zero-order valence-electron chi connectivity index (χ0n) is 9.48. The summed E-state index contributed by atoms with van der Waals surface area (Å²) in [5.41, 5.74) is 5.47. The number of carbonyl (C=O) groups excluding carboxylic acids is 1. The van der Waals surface area contributed by atoms with Crippen molar-refractivity contribution < 1.29 is 4.79 Å². The molecule has 4 nitrogen and oxygen atoms in total. The molecule has 0 aromatic heterocycles. The van der Waals surface area contributed by atoms with Crippen LogP contribution in [-0.4, -0.2) is 54.5 Å². The molecule has 0 unspecified atom stereocenters. The fourth-order valence-corrected chi connectivity index (χ4v) is 2.44. The molecule has 4 heteroatoms. The zero-order valence-corrected chi connectivity index (χ0v) is 9.48. The van der Waals surface area contributed by atoms with Gasteiger partial charge in [0, 0.05) is 12.1 Å². The Bertz CT molecular complexity index is 232. The predicted octanol–water partition coefficient (Wildman–Crippen LogP) is 0.0303. The SMILES string of the molecule is CN1CCC(N(C(=O)CN)C2CC2)CC1. The van der Waals surface area contributed by atoms with E-state index in [1.165, 1.54) is 12.8 Å². The Kier molecular flexibility index (Phi) is 3.26. The minimum absolute atomic E-state index is 0.145. The van der Waals surface area contributed by atoms with Gasteiger partial charge in [0.15, 0.2) is 0 Å². The highest BCUT2D eigenvalue weighted by Gasteiger charge is 2.37. The van der Waals surface area contributed by atoms with Crippen molar-refractivity contribution in [3.05, 3.63) is 0 Å². The molecule has 1 amide bonds. The number of likely N-dealkylation sites (tertiary alicyclic amines) is 1. The van der Waals surface area contributed by atoms with Gasteiger partial charge in [0.25, 0.3) is 0 Å². The third-order valence-corrected chi connectivity index (χ3v) is 3.48. The Balaban J connectivity index is 1.95. The highest BCUT2D eigenvalue weighted by Crippen LogP contribution is 2.31. The first-order valence-electron chi connectivity index (χ1n) is 5.92. The van der Waals surface area contributed by atoms with Crippen LogP contribution in [0.15, 0.2) is 0 Å². The number of carbonyl (C=O) groups is 1. The highest BCUT2D eigenvalue weighted by molar-refractivity contribution is 5.79. The molecule has 1 aliphatic carbocycles. The second kappa shape index (κ2) is 4.49. The maximum atomic E-state index is 11.8. The van der Waals surface area contributed by atoms with Gasteiger partial charge in [0.05, 0.1) is 6.54 Å². The van der Waals surface area contributed by atoms with Gasteiger partial charge in [-0.1, -0.05) is 0 Å². The molecule has 15 heavy (non-hydrogen) atoms. The number of rotatable bonds is 3. The van der Waals surface area contributed by atoms with E-state index in [0.717, 1.165) is 25.9 Å². The van der Waals surface area contributed by atoms with Crippen LogP contribution in [0.5, 0.6) is 0 Å². The average molecular weight is 211 g/mol. The largest absolute Gasteiger partial charge is 0.336 e. The molecule has 0 aromatic rings. The van der Waals surface area contributed by atoms with Gasteiger partial charge in [-0.25, -0.2) is 0 Å². The van der Waals surface area contributed by atoms with E-state index in [9.17, 15) is 4.79 Å². The number of nitrogens with two attached hydrogens (primary N) is 1. The molecule has 0 atom stereocenters. The van der Waals surface area contributed by atoms with Crippen molar-refractivity contribution in [2.24, 2.45) is 5.73 Å². The Morgan fingerprint density at radius 2 is 1.80 bits per heavy atom. The summed E-state index contributed by atoms with van der Waals surface area (Å²) >= 11 is 0. The van der Waals surface area contributed by atoms with Crippen LogP contribution >= 0.6 is 0 Å². The summed E-state index contributed by atoms with van der Waals surface area (Å²) in [6, 6.07) is 0.958. The fourth-order valence-electron chi connectivity index (χ4n) is 2.44. The zero-order chi connectivity index (χ0) is 10.8. The topological polar surface area (TPSA) is 49.6 Å². The van der Waals surface area contributed by atoms with Crippen LogP contribution < -0.4 is 5.73 Å². The van der Waals surface area contributed by atoms with Crippen LogP contribution in [0, 0.1) is 0 Å². The van der Waals surface area contributed by atoms with E-state index < -0.39 is 0 Å². The maximum absolute atomic E-state index is 11.8. The molecule has 1 saturated heterocycles. The molecular formula is C11H21N3O. The molecule has 2 rings (SSSR count). The van der Waals surface area contributed by atoms with Gasteiger partial charge >= 0.3 is 0 Å². The minimum Gasteiger partial charge on any atom is -0.336 e. The lowest BCUT2D eigenvalue weighted by atomic mass is 10.0. The Hall–Kier alpha value is -0.610. The molecule has 2 fully saturated rings. The second-order valence-electron chi connectivity index (χ2n) is 4.77. The van der Waals surface area contributed by atoms with Crippen molar-refractivity contribution >= 4 is 5.91 Å². The molecule has 0 bridgehead atoms. The van der Waals surface area contributed by atoms with Crippen LogP contribution in [0.25, 0.3) is 0 Å². The van der Waals surface area contributed by atoms with Crippen LogP contribution in [0.1, 0.15) is 25.7 Å². The average Bonchev–Trinajstić information content (AvgIpc) is 3.05. The van der Waals surface area contributed by atoms with E-state index in [1.54, 1.807) is 0 Å². The van der Waals surface area contributed by atoms with Crippen LogP contribution in [0.2, 0.25) is 0 Å². The van der Waals surface area contributed by atoms with Crippen molar-refractivity contribution in [2.75, 3.05) is 26.7 Å². The number of piperidine rings is 1. The standard InChI is InChI=1S/C11H21N3O/c1-13-6-4-10(5-7-13)14(9-2-3-9)11(15)8-12/h9-10H,2-8,12H2,1H3. The first-order valence-corrected chi connectivity index (χ1v) is 5.92. The molecule has 0 spiro atoms. The molecule has 0 aromatic carbocycles. The van der Waals surface area contributed by atoms with Gasteiger partial charge < -0.3 is 15.5 Å². The summed E-state index contributed by atoms with van der Waals surface area (Å²) in [5, 5.41) is 0. The number of nitrogens with zero attached hydrogens (tertiary/aromatic N) is 2. The minimum atomic E-state index is 0.145. The Morgan fingerprint density at radius 3 is 2.27 bits per heavy atom. The van der Waals surface area contributed by atoms with E-state index in [1.807, 2.05) is 0 Å². The Labute approximate surface area is 91.4 Å². The molecule has 1 aliphatic heterocycles. The summed E-state index contributed by atoms with van der Waals surface area (Å²) in [6.07, 6.45) is 4.58. The quantitative estimate of drug-likeness (QED) is 0.716. The summed E-state index contributed by atoms with van der Waals surface area (Å²) in [5.74, 6) is 0.145. The summed E-state index contributed by atoms with van der Waals surface area (Å²) < 4.78 is 0. The normalized spacial score (nSPS) is 24.1. The molecular weight excluding hydrogens is 190 g/mol. The van der Waals surface area contributed by atoms with Gasteiger partial charge in [-0.2, -0.15) is 0 Å². The lowest BCUT2D eigenvalue weighted by molar-refractivity contribution is -0.133. The third-order valence-electron chi connectivity index (χ3n) is 3.48. The smallest absolute Gasteiger partial charge is 0.236 e. The van der Waals surface area contributed by atoms with E-state index in [0.29, 0.717) is 12.1 Å². The first kappa shape index (κ1) is 10.9. The third kappa shape index (κ3) is 2.49. The Morgan fingerprint density at radius 1 is 1.27 bits per heavy atom. The van der Waals surface area contributed by atoms with E-state index in [-0.39, 0.29) is 12.5 Å². The van der Waals surface area contributed by atoms with Crippen LogP contribution in [-0.2, 0) is 4.79 Å². The molecule has 86 valence electrons. The van der Waals surface area contributed by atoms with Crippen molar-refractivity contribution in [3.63, 3.8) is 0 Å². The molecule has 1 saturated carbocycles. The van der Waals surface area contributed by atoms with E-state index in [4.69, 9.17) is 5.73 Å². The van der Waals surface area contributed by atoms with Crippen molar-refractivity contribution in [1.82, 2.24) is 9.80 Å². The monoisotopic (exact) mass is 211 g/mol. The first-order chi connectivity index (χ1) is 7.22. The number of amides is 1. The van der Waals surface area contributed by atoms with Gasteiger partial charge in [-0.05, 0) is 45.8 Å². The van der Waals surface area contributed by atoms with Crippen molar-refractivity contribution in [2.45, 2.75) is 37.8 Å². The summed E-state index contributed by atoms with van der Waals surface area (Å²) in [6.45, 7) is 2.38. The van der Waals surface area contributed by atoms with Gasteiger partial charge in [0.2, 0.25) is 5.91 Å². The summed E-state index contributed by atoms with van der Waals surface area (Å²) in [4.78, 5) is 16.2. The maximum Gasteiger partial charge on any atom is 0.236 e. The van der Waals surface area contributed by atoms with Gasteiger partial charge in [-0.3, -0.25) is 4.79 Å². The molecule has 2 N–H and O–H groups in total. The highest BCUT2D eigenvalue weighted by atomic mass is 16.2.